The maximum atomic E-state index is 11.8. The van der Waals surface area contributed by atoms with Crippen LogP contribution < -0.4 is 16.0 Å². The van der Waals surface area contributed by atoms with Crippen molar-refractivity contribution in [1.29, 1.82) is 0 Å². The topological polar surface area (TPSA) is 85.8 Å². The minimum absolute atomic E-state index is 0. The Bertz CT molecular complexity index is 442. The number of halogens is 1. The number of aliphatic imine (C=N–C) groups is 1. The maximum absolute atomic E-state index is 11.8. The van der Waals surface area contributed by atoms with Crippen molar-refractivity contribution in [2.45, 2.75) is 33.2 Å². The van der Waals surface area contributed by atoms with E-state index >= 15 is 0 Å². The minimum atomic E-state index is -0.299. The van der Waals surface area contributed by atoms with Crippen molar-refractivity contribution in [1.82, 2.24) is 20.9 Å². The van der Waals surface area contributed by atoms with Gasteiger partial charge in [0, 0.05) is 26.2 Å². The fourth-order valence-corrected chi connectivity index (χ4v) is 1.34. The molecule has 134 valence electrons. The summed E-state index contributed by atoms with van der Waals surface area (Å²) in [5.74, 6) is 0.147. The fraction of sp³-hybridized carbons (Fsp3) is 0.667. The summed E-state index contributed by atoms with van der Waals surface area (Å²) >= 11 is 0. The van der Waals surface area contributed by atoms with Crippen LogP contribution in [0.3, 0.4) is 0 Å². The van der Waals surface area contributed by atoms with Gasteiger partial charge in [0.1, 0.15) is 6.54 Å². The Kier molecular flexibility index (Phi) is 11.7. The Morgan fingerprint density at radius 2 is 1.65 bits per heavy atom. The Hall–Kier alpha value is -1.32. The number of nitrogens with zero attached hydrogens (tertiary/aromatic N) is 2. The first-order valence-corrected chi connectivity index (χ1v) is 7.19. The van der Waals surface area contributed by atoms with Crippen molar-refractivity contribution in [2.24, 2.45) is 4.99 Å². The summed E-state index contributed by atoms with van der Waals surface area (Å²) in [6.07, 6.45) is 0. The van der Waals surface area contributed by atoms with E-state index in [4.69, 9.17) is 0 Å². The van der Waals surface area contributed by atoms with Crippen LogP contribution in [0.5, 0.6) is 0 Å². The van der Waals surface area contributed by atoms with Crippen molar-refractivity contribution in [3.8, 4) is 0 Å². The van der Waals surface area contributed by atoms with Crippen molar-refractivity contribution in [3.05, 3.63) is 12.2 Å². The molecule has 0 rings (SSSR count). The van der Waals surface area contributed by atoms with Gasteiger partial charge in [0.2, 0.25) is 11.8 Å². The quantitative estimate of drug-likeness (QED) is 0.247. The van der Waals surface area contributed by atoms with Crippen molar-refractivity contribution in [2.75, 3.05) is 33.7 Å². The van der Waals surface area contributed by atoms with Crippen LogP contribution in [0, 0.1) is 0 Å². The highest BCUT2D eigenvalue weighted by atomic mass is 127. The van der Waals surface area contributed by atoms with E-state index < -0.39 is 0 Å². The molecule has 3 N–H and O–H groups in total. The summed E-state index contributed by atoms with van der Waals surface area (Å²) in [4.78, 5) is 29.0. The lowest BCUT2D eigenvalue weighted by Gasteiger charge is -2.20. The van der Waals surface area contributed by atoms with Gasteiger partial charge in [-0.25, -0.2) is 4.99 Å². The molecule has 0 saturated heterocycles. The molecule has 0 bridgehead atoms. The third-order valence-corrected chi connectivity index (χ3v) is 2.36. The van der Waals surface area contributed by atoms with Crippen LogP contribution in [-0.2, 0) is 9.59 Å². The summed E-state index contributed by atoms with van der Waals surface area (Å²) < 4.78 is 0. The minimum Gasteiger partial charge on any atom is -0.353 e. The molecule has 0 spiro atoms. The Morgan fingerprint density at radius 3 is 2.09 bits per heavy atom. The van der Waals surface area contributed by atoms with E-state index in [-0.39, 0.29) is 54.4 Å². The number of hydrogen-bond donors (Lipinski definition) is 3. The molecule has 0 heterocycles. The second-order valence-electron chi connectivity index (χ2n) is 6.42. The molecule has 0 unspecified atom stereocenters. The molecule has 2 amide bonds. The van der Waals surface area contributed by atoms with Crippen molar-refractivity contribution >= 4 is 41.8 Å². The van der Waals surface area contributed by atoms with Crippen LogP contribution in [0.25, 0.3) is 0 Å². The SMILES string of the molecule is C=C(C)CNC(=NCC(=O)NC(C)(C)C)NCC(=O)N(C)C.I. The Balaban J connectivity index is 0. The van der Waals surface area contributed by atoms with E-state index in [0.29, 0.717) is 12.5 Å². The lowest BCUT2D eigenvalue weighted by molar-refractivity contribution is -0.127. The van der Waals surface area contributed by atoms with Crippen LogP contribution in [0.4, 0.5) is 0 Å². The third-order valence-electron chi connectivity index (χ3n) is 2.36. The zero-order valence-electron chi connectivity index (χ0n) is 14.9. The lowest BCUT2D eigenvalue weighted by atomic mass is 10.1. The van der Waals surface area contributed by atoms with Gasteiger partial charge in [-0.15, -0.1) is 24.0 Å². The van der Waals surface area contributed by atoms with E-state index in [0.717, 1.165) is 5.57 Å². The van der Waals surface area contributed by atoms with Crippen LogP contribution in [0.1, 0.15) is 27.7 Å². The first kappa shape index (κ1) is 23.9. The second kappa shape index (κ2) is 11.3. The van der Waals surface area contributed by atoms with E-state index in [1.807, 2.05) is 27.7 Å². The molecule has 0 radical (unpaired) electrons. The van der Waals surface area contributed by atoms with Gasteiger partial charge in [0.05, 0.1) is 6.54 Å². The van der Waals surface area contributed by atoms with Gasteiger partial charge in [-0.1, -0.05) is 12.2 Å². The molecular weight excluding hydrogens is 409 g/mol. The molecule has 8 heteroatoms. The summed E-state index contributed by atoms with van der Waals surface area (Å²) in [6.45, 7) is 12.0. The number of carbonyl (C=O) groups is 2. The van der Waals surface area contributed by atoms with Crippen molar-refractivity contribution < 1.29 is 9.59 Å². The molecule has 0 atom stereocenters. The van der Waals surface area contributed by atoms with Crippen molar-refractivity contribution in [3.63, 3.8) is 0 Å². The predicted octanol–water partition coefficient (Wildman–Crippen LogP) is 0.719. The maximum Gasteiger partial charge on any atom is 0.242 e. The number of amides is 2. The summed E-state index contributed by atoms with van der Waals surface area (Å²) in [5, 5.41) is 8.75. The molecule has 0 aliphatic heterocycles. The highest BCUT2D eigenvalue weighted by Crippen LogP contribution is 1.97. The lowest BCUT2D eigenvalue weighted by Crippen LogP contribution is -2.45. The standard InChI is InChI=1S/C15H29N5O2.HI/c1-11(2)8-16-14(18-10-13(22)20(6)7)17-9-12(21)19-15(3,4)5;/h1,8-10H2,2-7H3,(H,19,21)(H2,16,17,18);1H. The van der Waals surface area contributed by atoms with Crippen LogP contribution in [-0.4, -0.2) is 61.9 Å². The molecule has 0 aromatic carbocycles. The molecule has 23 heavy (non-hydrogen) atoms. The fourth-order valence-electron chi connectivity index (χ4n) is 1.34. The first-order chi connectivity index (χ1) is 10.0. The summed E-state index contributed by atoms with van der Waals surface area (Å²) in [6, 6.07) is 0. The molecule has 0 aromatic heterocycles. The predicted molar refractivity (Wildman–Crippen MR) is 105 cm³/mol. The summed E-state index contributed by atoms with van der Waals surface area (Å²) in [7, 11) is 3.36. The molecule has 0 aliphatic rings. The van der Waals surface area contributed by atoms with E-state index in [1.54, 1.807) is 14.1 Å². The number of guanidine groups is 1. The number of rotatable bonds is 6. The van der Waals surface area contributed by atoms with Crippen LogP contribution >= 0.6 is 24.0 Å². The van der Waals surface area contributed by atoms with Gasteiger partial charge in [-0.3, -0.25) is 9.59 Å². The smallest absolute Gasteiger partial charge is 0.242 e. The number of nitrogens with one attached hydrogen (secondary N) is 3. The molecule has 0 saturated carbocycles. The largest absolute Gasteiger partial charge is 0.353 e. The third kappa shape index (κ3) is 14.0. The highest BCUT2D eigenvalue weighted by Gasteiger charge is 2.13. The molecule has 0 aromatic rings. The Labute approximate surface area is 156 Å². The van der Waals surface area contributed by atoms with E-state index in [9.17, 15) is 9.59 Å². The van der Waals surface area contributed by atoms with Gasteiger partial charge in [0.25, 0.3) is 0 Å². The highest BCUT2D eigenvalue weighted by molar-refractivity contribution is 14.0. The average molecular weight is 439 g/mol. The molecule has 0 fully saturated rings. The molecule has 0 aliphatic carbocycles. The summed E-state index contributed by atoms with van der Waals surface area (Å²) in [5.41, 5.74) is 0.624. The monoisotopic (exact) mass is 439 g/mol. The zero-order valence-corrected chi connectivity index (χ0v) is 17.3. The first-order valence-electron chi connectivity index (χ1n) is 7.19. The van der Waals surface area contributed by atoms with Gasteiger partial charge in [-0.2, -0.15) is 0 Å². The van der Waals surface area contributed by atoms with Crippen LogP contribution in [0.15, 0.2) is 17.1 Å². The molecule has 7 nitrogen and oxygen atoms in total. The van der Waals surface area contributed by atoms with Crippen LogP contribution in [0.2, 0.25) is 0 Å². The van der Waals surface area contributed by atoms with E-state index in [2.05, 4.69) is 27.5 Å². The number of hydrogen-bond acceptors (Lipinski definition) is 3. The van der Waals surface area contributed by atoms with Gasteiger partial charge < -0.3 is 20.9 Å². The Morgan fingerprint density at radius 1 is 1.13 bits per heavy atom. The number of likely N-dealkylation sites (N-methyl/N-ethyl adjacent to an activating group) is 1. The average Bonchev–Trinajstić information content (AvgIpc) is 2.34. The van der Waals surface area contributed by atoms with Gasteiger partial charge in [-0.05, 0) is 27.7 Å². The normalized spacial score (nSPS) is 11.1. The van der Waals surface area contributed by atoms with Gasteiger partial charge >= 0.3 is 0 Å². The second-order valence-corrected chi connectivity index (χ2v) is 6.42. The zero-order chi connectivity index (χ0) is 17.3. The van der Waals surface area contributed by atoms with E-state index in [1.165, 1.54) is 4.90 Å². The molecular formula is C15H30IN5O2. The van der Waals surface area contributed by atoms with Gasteiger partial charge in [0.15, 0.2) is 5.96 Å². The number of carbonyl (C=O) groups excluding carboxylic acids is 2.